The van der Waals surface area contributed by atoms with Gasteiger partial charge in [-0.15, -0.1) is 40.9 Å². The summed E-state index contributed by atoms with van der Waals surface area (Å²) in [6.45, 7) is 24.5. The fourth-order valence-corrected chi connectivity index (χ4v) is 15.1. The maximum absolute atomic E-state index is 13.5. The fourth-order valence-electron chi connectivity index (χ4n) is 14.4. The van der Waals surface area contributed by atoms with E-state index >= 15 is 0 Å². The smallest absolute Gasteiger partial charge is 0.268 e. The van der Waals surface area contributed by atoms with Crippen molar-refractivity contribution >= 4 is 175 Å². The van der Waals surface area contributed by atoms with E-state index in [0.717, 1.165) is 52.7 Å². The van der Waals surface area contributed by atoms with E-state index in [1.165, 1.54) is 48.7 Å². The molecule has 37 nitrogen and oxygen atoms in total. The Morgan fingerprint density at radius 1 is 0.459 bits per heavy atom. The number of para-hydroxylation sites is 1. The summed E-state index contributed by atoms with van der Waals surface area (Å²) in [6, 6.07) is 78.8. The summed E-state index contributed by atoms with van der Waals surface area (Å²) in [4.78, 5) is 103. The van der Waals surface area contributed by atoms with Gasteiger partial charge in [0.1, 0.15) is 34.2 Å². The van der Waals surface area contributed by atoms with Gasteiger partial charge in [0.2, 0.25) is 11.6 Å². The van der Waals surface area contributed by atoms with Crippen LogP contribution in [0.15, 0.2) is 364 Å². The molecule has 5 aromatic heterocycles. The number of azo groups is 4. The summed E-state index contributed by atoms with van der Waals surface area (Å²) >= 11 is 1.04. The monoisotopic (exact) mass is 1960 g/mol. The number of primary amides is 1. The number of aliphatic hydroxyl groups excluding tert-OH is 1. The van der Waals surface area contributed by atoms with Crippen molar-refractivity contribution in [3.8, 4) is 40.4 Å². The Morgan fingerprint density at radius 3 is 1.42 bits per heavy atom. The minimum Gasteiger partial charge on any atom is -0.505 e. The summed E-state index contributed by atoms with van der Waals surface area (Å²) in [5.74, 6) is -2.04. The first-order valence-corrected chi connectivity index (χ1v) is 45.5. The third-order valence-electron chi connectivity index (χ3n) is 21.6. The number of aryl methyl sites for hydroxylation is 2. The number of anilines is 5. The zero-order valence-corrected chi connectivity index (χ0v) is 78.8. The minimum atomic E-state index is -0.713. The summed E-state index contributed by atoms with van der Waals surface area (Å²) < 4.78 is 22.5. The number of aliphatic hydroxyl groups is 1. The molecule has 5 heterocycles. The number of pyridine rings is 1. The van der Waals surface area contributed by atoms with Crippen molar-refractivity contribution in [1.29, 1.82) is 0 Å². The summed E-state index contributed by atoms with van der Waals surface area (Å²) in [5, 5.41) is 99.7. The molecule has 0 radical (unpaired) electrons. The molecule has 146 heavy (non-hydrogen) atoms. The lowest BCUT2D eigenvalue weighted by molar-refractivity contribution is -0.114. The second kappa shape index (κ2) is 48.4. The van der Waals surface area contributed by atoms with Gasteiger partial charge in [-0.1, -0.05) is 152 Å². The lowest BCUT2D eigenvalue weighted by atomic mass is 10.0. The number of nitrogens with zero attached hydrogens (tertiary/aromatic N) is 18. The third kappa shape index (κ3) is 25.2. The Morgan fingerprint density at radius 2 is 0.904 bits per heavy atom. The molecule has 6 amide bonds. The van der Waals surface area contributed by atoms with E-state index in [1.54, 1.807) is 207 Å². The van der Waals surface area contributed by atoms with Crippen LogP contribution in [0.2, 0.25) is 0 Å². The predicted octanol–water partition coefficient (Wildman–Crippen LogP) is 25.5. The van der Waals surface area contributed by atoms with Crippen LogP contribution in [0.25, 0.3) is 58.7 Å². The molecule has 0 unspecified atom stereocenters. The van der Waals surface area contributed by atoms with Crippen molar-refractivity contribution in [3.05, 3.63) is 390 Å². The van der Waals surface area contributed by atoms with Crippen LogP contribution in [0.1, 0.15) is 94.8 Å². The van der Waals surface area contributed by atoms with Crippen LogP contribution < -0.4 is 41.8 Å². The number of phenolic OH excluding ortho intramolecular Hbond substituents is 3. The number of ether oxygens (including phenoxy) is 3. The zero-order chi connectivity index (χ0) is 102. The highest BCUT2D eigenvalue weighted by atomic mass is 32.1. The molecule has 11 N–H and O–H groups in total. The summed E-state index contributed by atoms with van der Waals surface area (Å²) in [5.41, 5.74) is 12.1. The predicted molar refractivity (Wildman–Crippen MR) is 555 cm³/mol. The van der Waals surface area contributed by atoms with Crippen LogP contribution in [-0.2, 0) is 16.1 Å². The van der Waals surface area contributed by atoms with Crippen LogP contribution in [-0.4, -0.2) is 108 Å². The Balaban J connectivity index is 0.000000147. The number of nitrogens with two attached hydrogens (primary N) is 1. The van der Waals surface area contributed by atoms with Crippen molar-refractivity contribution in [2.45, 2.75) is 46.6 Å². The van der Waals surface area contributed by atoms with Crippen LogP contribution in [0, 0.1) is 27.0 Å². The average Bonchev–Trinajstić information content (AvgIpc) is 1.08. The average molecular weight is 1960 g/mol. The van der Waals surface area contributed by atoms with Gasteiger partial charge in [0.05, 0.1) is 78.9 Å². The third-order valence-corrected chi connectivity index (χ3v) is 22.4. The molecule has 0 aliphatic heterocycles. The van der Waals surface area contributed by atoms with Crippen LogP contribution in [0.4, 0.5) is 85.1 Å². The van der Waals surface area contributed by atoms with Gasteiger partial charge in [-0.3, -0.25) is 28.8 Å². The number of fused-ring (bicyclic) bond motifs is 4. The number of benzene rings is 13. The van der Waals surface area contributed by atoms with Gasteiger partial charge in [-0.25, -0.2) is 39.0 Å². The maximum atomic E-state index is 13.5. The van der Waals surface area contributed by atoms with E-state index < -0.39 is 23.6 Å². The number of carbonyl (C=O) groups excluding carboxylic acids is 6. The first-order valence-electron chi connectivity index (χ1n) is 44.7. The van der Waals surface area contributed by atoms with E-state index in [2.05, 4.69) is 118 Å². The molecule has 0 aliphatic carbocycles. The van der Waals surface area contributed by atoms with Gasteiger partial charge >= 0.3 is 0 Å². The van der Waals surface area contributed by atoms with Gasteiger partial charge in [0.25, 0.3) is 47.1 Å². The molecule has 0 bridgehead atoms. The first-order chi connectivity index (χ1) is 71.1. The highest BCUT2D eigenvalue weighted by Crippen LogP contribution is 2.48. The minimum absolute atomic E-state index is 0.00245. The number of nitrogens with one attached hydrogen (secondary N) is 5. The van der Waals surface area contributed by atoms with Gasteiger partial charge in [0.15, 0.2) is 39.6 Å². The Hall–Kier alpha value is -20.2. The standard InChI is InChI=1S/C30H29N5O5.C29H22N6O3.C26H18N8O2.C23H17N5O3S/c1-2-39-17-6-3-7-18-40-22-14-12-21(13-15-22)33-30(38)25-19-20-9-4-5-10-23(20)26(27(25)36)34-35-29-24(28(31)37)11-8-16-32-29;1-19(36)32-22-12-14-23(15-13-22)38-27-25(28(37)33-21-9-3-2-4-10-21)18-20-8-5-6-11-24(20)26(27)34-35-29-30-16-7-17-31-29;1-16-8-10-18(11-9-16)31-25(36)20-14-17-6-3-4-7-19(17)22(23(20)35)32-33-24-21(27-2)15-30-34(24)26-28-12-5-13-29-26;1-13-19(24-2)23(32-28-13)27-26-20-17-6-4-3-5-15(17)11-18(21(20)30)22(31)25-16-9-7-14(12-29)8-10-16/h2,4-5,8-16,19,36H,1,3,6-7,17-18H2,(H2,31,37)(H,33,38);2-18H,1H3,(H,32,36)(H,33,37);3-15,35H,1H3,(H,31,36);3-11,29-30H,12H2,1H3,(H,25,31). The summed E-state index contributed by atoms with van der Waals surface area (Å²) in [7, 11) is 0. The molecule has 0 spiro atoms. The number of phenols is 3. The number of hydrogen-bond acceptors (Lipinski definition) is 29. The number of unbranched alkanes of at least 4 members (excludes halogenated alkanes) is 2. The largest absolute Gasteiger partial charge is 0.505 e. The van der Waals surface area contributed by atoms with Gasteiger partial charge < -0.3 is 67.0 Å². The Labute approximate surface area is 836 Å². The molecule has 38 heteroatoms. The lowest BCUT2D eigenvalue weighted by Crippen LogP contribution is -2.13. The molecule has 18 rings (SSSR count). The Kier molecular flexibility index (Phi) is 33.2. The second-order valence-electron chi connectivity index (χ2n) is 31.6. The molecular formula is C108H86N24O13S. The molecule has 0 fully saturated rings. The number of aromatic nitrogens is 8. The molecule has 0 atom stereocenters. The van der Waals surface area contributed by atoms with E-state index in [0.29, 0.717) is 108 Å². The number of amides is 6. The number of aromatic hydroxyl groups is 3. The van der Waals surface area contributed by atoms with E-state index in [1.807, 2.05) is 85.8 Å². The molecular weight excluding hydrogens is 1870 g/mol. The lowest BCUT2D eigenvalue weighted by Gasteiger charge is -2.16. The van der Waals surface area contributed by atoms with Crippen LogP contribution in [0.5, 0.6) is 34.5 Å². The summed E-state index contributed by atoms with van der Waals surface area (Å²) in [6.07, 6.45) is 13.2. The fraction of sp³-hybridized carbons (Fsp3) is 0.0833. The normalized spacial score (nSPS) is 10.9. The van der Waals surface area contributed by atoms with Crippen molar-refractivity contribution in [1.82, 2.24) is 39.1 Å². The van der Waals surface area contributed by atoms with Crippen molar-refractivity contribution < 1.29 is 63.4 Å². The van der Waals surface area contributed by atoms with Crippen LogP contribution >= 0.6 is 11.5 Å². The van der Waals surface area contributed by atoms with E-state index in [-0.39, 0.29) is 116 Å². The highest BCUT2D eigenvalue weighted by molar-refractivity contribution is 7.10. The van der Waals surface area contributed by atoms with Gasteiger partial charge in [-0.2, -0.15) is 9.78 Å². The molecule has 18 aromatic rings. The maximum Gasteiger partial charge on any atom is 0.268 e. The van der Waals surface area contributed by atoms with E-state index in [4.69, 9.17) is 38.2 Å². The number of carbonyl (C=O) groups is 6. The van der Waals surface area contributed by atoms with Crippen molar-refractivity contribution in [3.63, 3.8) is 0 Å². The first kappa shape index (κ1) is 100. The molecule has 722 valence electrons. The van der Waals surface area contributed by atoms with Gasteiger partial charge in [-0.05, 0) is 205 Å². The van der Waals surface area contributed by atoms with Crippen molar-refractivity contribution in [2.75, 3.05) is 39.8 Å². The SMILES string of the molecule is C=COCCCCCOc1ccc(NC(=O)c2cc3ccccc3c(N=Nc3ncccc3C(N)=O)c2O)cc1.CC(=O)Nc1ccc(Oc2c(C(=O)Nc3ccccc3)cc3ccccc3c2N=Nc2ncccn2)cc1.[C-]#[N+]c1c(C)nsc1N=Nc1c(O)c(C(=O)Nc2ccc(CO)cc2)cc2ccccc12.[C-]#[N+]c1cnn(-c2ncccn2)c1N=Nc1c(O)c(C(=O)Nc2ccc(C)cc2)cc2ccccc12. The highest BCUT2D eigenvalue weighted by Gasteiger charge is 2.27. The number of hydrogen-bond donors (Lipinski definition) is 10. The van der Waals surface area contributed by atoms with Crippen LogP contribution in [0.3, 0.4) is 0 Å². The molecule has 0 saturated carbocycles. The topological polar surface area (TPSA) is 500 Å². The van der Waals surface area contributed by atoms with Gasteiger partial charge in [0, 0.05) is 87.9 Å². The van der Waals surface area contributed by atoms with Crippen molar-refractivity contribution in [2.24, 2.45) is 46.6 Å². The quantitative estimate of drug-likeness (QED) is 0.00865. The zero-order valence-electron chi connectivity index (χ0n) is 78.0. The second-order valence-corrected chi connectivity index (χ2v) is 32.3. The Bertz CT molecular complexity index is 8090. The number of rotatable bonds is 30. The van der Waals surface area contributed by atoms with E-state index in [9.17, 15) is 44.1 Å². The molecule has 0 saturated heterocycles. The molecule has 13 aromatic carbocycles. The molecule has 0 aliphatic rings.